The van der Waals surface area contributed by atoms with Crippen LogP contribution in [0.1, 0.15) is 17.5 Å². The van der Waals surface area contributed by atoms with Gasteiger partial charge in [-0.2, -0.15) is 27.3 Å². The number of nitrogens with zero attached hydrogens (tertiary/aromatic N) is 2. The van der Waals surface area contributed by atoms with Crippen LogP contribution in [0.15, 0.2) is 36.4 Å². The second kappa shape index (κ2) is 8.58. The summed E-state index contributed by atoms with van der Waals surface area (Å²) in [4.78, 5) is 3.99. The third-order valence-electron chi connectivity index (χ3n) is 2.91. The lowest BCUT2D eigenvalue weighted by Gasteiger charge is -2.11. The molecule has 0 saturated heterocycles. The van der Waals surface area contributed by atoms with Gasteiger partial charge < -0.3 is 9.47 Å². The first-order valence-electron chi connectivity index (χ1n) is 7.06. The van der Waals surface area contributed by atoms with Crippen molar-refractivity contribution in [3.63, 3.8) is 0 Å². The molecule has 0 unspecified atom stereocenters. The molecule has 0 fully saturated rings. The van der Waals surface area contributed by atoms with Gasteiger partial charge in [-0.15, -0.1) is 0 Å². The number of halogens is 4. The monoisotopic (exact) mass is 372 g/mol. The van der Waals surface area contributed by atoms with Gasteiger partial charge >= 0.3 is 6.18 Å². The number of benzene rings is 1. The van der Waals surface area contributed by atoms with Crippen LogP contribution in [0.2, 0.25) is 0 Å². The predicted octanol–water partition coefficient (Wildman–Crippen LogP) is 5.15. The molecule has 0 aliphatic rings. The van der Waals surface area contributed by atoms with E-state index in [0.29, 0.717) is 6.42 Å². The lowest BCUT2D eigenvalue weighted by atomic mass is 10.2. The molecule has 0 saturated carbocycles. The van der Waals surface area contributed by atoms with Gasteiger partial charge in [0.25, 0.3) is 0 Å². The Bertz CT molecular complexity index is 763. The number of rotatable bonds is 7. The van der Waals surface area contributed by atoms with Gasteiger partial charge in [0.15, 0.2) is 0 Å². The molecule has 4 nitrogen and oxygen atoms in total. The molecule has 1 aromatic carbocycles. The van der Waals surface area contributed by atoms with Crippen LogP contribution >= 0.6 is 12.1 Å². The zero-order valence-electron chi connectivity index (χ0n) is 12.7. The zero-order chi connectivity index (χ0) is 18.3. The molecule has 0 spiro atoms. The molecule has 0 atom stereocenters. The van der Waals surface area contributed by atoms with Crippen LogP contribution in [0.4, 0.5) is 17.1 Å². The number of alkyl halides is 3. The molecule has 2 rings (SSSR count). The van der Waals surface area contributed by atoms with Crippen LogP contribution in [0.25, 0.3) is 0 Å². The van der Waals surface area contributed by atoms with E-state index in [4.69, 9.17) is 14.7 Å². The maximum atomic E-state index is 12.7. The number of aromatic nitrogens is 1. The first kappa shape index (κ1) is 18.9. The van der Waals surface area contributed by atoms with Gasteiger partial charge in [-0.05, 0) is 24.6 Å². The average Bonchev–Trinajstić information content (AvgIpc) is 2.58. The molecular weight excluding hydrogens is 360 g/mol. The molecular formula is C16H12F4N2O2S. The Labute approximate surface area is 145 Å². The maximum absolute atomic E-state index is 12.7. The highest BCUT2D eigenvalue weighted by Gasteiger charge is 2.30. The SMILES string of the molecule is N#Cc1cc(OCCCSF)nc(Oc2cccc(C(F)(F)F)c2)c1. The molecule has 1 aromatic heterocycles. The highest BCUT2D eigenvalue weighted by atomic mass is 32.2. The summed E-state index contributed by atoms with van der Waals surface area (Å²) in [5.41, 5.74) is -0.687. The van der Waals surface area contributed by atoms with Crippen LogP contribution in [-0.4, -0.2) is 17.3 Å². The average molecular weight is 372 g/mol. The van der Waals surface area contributed by atoms with Crippen LogP contribution in [0.5, 0.6) is 17.5 Å². The number of pyridine rings is 1. The Morgan fingerprint density at radius 1 is 1.16 bits per heavy atom. The van der Waals surface area contributed by atoms with Crippen molar-refractivity contribution in [2.45, 2.75) is 12.6 Å². The Kier molecular flexibility index (Phi) is 6.47. The van der Waals surface area contributed by atoms with E-state index in [1.165, 1.54) is 24.3 Å². The lowest BCUT2D eigenvalue weighted by molar-refractivity contribution is -0.137. The van der Waals surface area contributed by atoms with E-state index in [2.05, 4.69) is 4.98 Å². The second-order valence-electron chi connectivity index (χ2n) is 4.79. The first-order chi connectivity index (χ1) is 11.9. The summed E-state index contributed by atoms with van der Waals surface area (Å²) in [5.74, 6) is 0.182. The van der Waals surface area contributed by atoms with E-state index < -0.39 is 11.7 Å². The molecule has 2 aromatic rings. The standard InChI is InChI=1S/C16H12F4N2O2S/c17-16(18,19)12-3-1-4-13(9-12)24-15-8-11(10-21)7-14(22-15)23-5-2-6-25-20/h1,3-4,7-9H,2,5-6H2. The third kappa shape index (κ3) is 5.83. The summed E-state index contributed by atoms with van der Waals surface area (Å²) in [6.07, 6.45) is -4.06. The van der Waals surface area contributed by atoms with E-state index in [1.54, 1.807) is 0 Å². The Hall–Kier alpha value is -2.47. The van der Waals surface area contributed by atoms with E-state index >= 15 is 0 Å². The number of hydrogen-bond acceptors (Lipinski definition) is 5. The fourth-order valence-corrected chi connectivity index (χ4v) is 2.05. The maximum Gasteiger partial charge on any atom is 0.416 e. The minimum absolute atomic E-state index is 0.0720. The second-order valence-corrected chi connectivity index (χ2v) is 5.41. The quantitative estimate of drug-likeness (QED) is 0.497. The molecule has 1 heterocycles. The van der Waals surface area contributed by atoms with Crippen molar-refractivity contribution in [1.29, 1.82) is 5.26 Å². The smallest absolute Gasteiger partial charge is 0.416 e. The minimum atomic E-state index is -4.50. The van der Waals surface area contributed by atoms with Gasteiger partial charge in [0, 0.05) is 30.0 Å². The normalized spacial score (nSPS) is 11.0. The van der Waals surface area contributed by atoms with Gasteiger partial charge in [0.05, 0.1) is 23.8 Å². The van der Waals surface area contributed by atoms with Crippen molar-refractivity contribution in [2.24, 2.45) is 0 Å². The molecule has 9 heteroatoms. The summed E-state index contributed by atoms with van der Waals surface area (Å²) in [6, 6.07) is 8.83. The molecule has 0 radical (unpaired) electrons. The van der Waals surface area contributed by atoms with Gasteiger partial charge in [0.1, 0.15) is 5.75 Å². The van der Waals surface area contributed by atoms with Crippen molar-refractivity contribution < 1.29 is 26.5 Å². The van der Waals surface area contributed by atoms with Gasteiger partial charge in [0.2, 0.25) is 11.8 Å². The van der Waals surface area contributed by atoms with Crippen molar-refractivity contribution in [3.05, 3.63) is 47.5 Å². The minimum Gasteiger partial charge on any atom is -0.478 e. The first-order valence-corrected chi connectivity index (χ1v) is 7.94. The zero-order valence-corrected chi connectivity index (χ0v) is 13.5. The van der Waals surface area contributed by atoms with Gasteiger partial charge in [-0.25, -0.2) is 0 Å². The van der Waals surface area contributed by atoms with Gasteiger partial charge in [-0.3, -0.25) is 0 Å². The van der Waals surface area contributed by atoms with Crippen molar-refractivity contribution in [3.8, 4) is 23.6 Å². The molecule has 25 heavy (non-hydrogen) atoms. The predicted molar refractivity (Wildman–Crippen MR) is 84.1 cm³/mol. The Balaban J connectivity index is 2.17. The Morgan fingerprint density at radius 3 is 2.60 bits per heavy atom. The van der Waals surface area contributed by atoms with Crippen LogP contribution in [0.3, 0.4) is 0 Å². The summed E-state index contributed by atoms with van der Waals surface area (Å²) >= 11 is 0.183. The van der Waals surface area contributed by atoms with Crippen LogP contribution in [-0.2, 0) is 6.18 Å². The fourth-order valence-electron chi connectivity index (χ4n) is 1.82. The van der Waals surface area contributed by atoms with Crippen molar-refractivity contribution in [1.82, 2.24) is 4.98 Å². The van der Waals surface area contributed by atoms with Gasteiger partial charge in [-0.1, -0.05) is 6.07 Å². The number of hydrogen-bond donors (Lipinski definition) is 0. The Morgan fingerprint density at radius 2 is 1.92 bits per heavy atom. The van der Waals surface area contributed by atoms with Crippen molar-refractivity contribution >= 4 is 12.1 Å². The highest BCUT2D eigenvalue weighted by molar-refractivity contribution is 7.94. The number of ether oxygens (including phenoxy) is 2. The molecule has 0 N–H and O–H groups in total. The molecule has 0 bridgehead atoms. The summed E-state index contributed by atoms with van der Waals surface area (Å²) in [7, 11) is 0. The molecule has 0 aliphatic carbocycles. The van der Waals surface area contributed by atoms with E-state index in [9.17, 15) is 17.1 Å². The molecule has 132 valence electrons. The summed E-state index contributed by atoms with van der Waals surface area (Å²) in [6.45, 7) is 0.182. The highest BCUT2D eigenvalue weighted by Crippen LogP contribution is 2.32. The van der Waals surface area contributed by atoms with E-state index in [0.717, 1.165) is 12.1 Å². The van der Waals surface area contributed by atoms with Crippen molar-refractivity contribution in [2.75, 3.05) is 12.4 Å². The molecule has 0 aliphatic heterocycles. The fraction of sp³-hybridized carbons (Fsp3) is 0.250. The summed E-state index contributed by atoms with van der Waals surface area (Å²) in [5, 5.41) is 9.02. The van der Waals surface area contributed by atoms with Crippen LogP contribution < -0.4 is 9.47 Å². The largest absolute Gasteiger partial charge is 0.478 e. The molecule has 0 amide bonds. The number of nitriles is 1. The van der Waals surface area contributed by atoms with E-state index in [-0.39, 0.29) is 47.6 Å². The van der Waals surface area contributed by atoms with Crippen LogP contribution in [0, 0.1) is 11.3 Å². The van der Waals surface area contributed by atoms with E-state index in [1.807, 2.05) is 6.07 Å². The lowest BCUT2D eigenvalue weighted by Crippen LogP contribution is -2.05. The third-order valence-corrected chi connectivity index (χ3v) is 3.35. The summed E-state index contributed by atoms with van der Waals surface area (Å²) < 4.78 is 60.8. The topological polar surface area (TPSA) is 55.1 Å².